The monoisotopic (exact) mass is 304 g/mol. The Balaban J connectivity index is 2.25. The van der Waals surface area contributed by atoms with Crippen LogP contribution in [0.15, 0.2) is 35.2 Å². The fourth-order valence-corrected chi connectivity index (χ4v) is 3.58. The van der Waals surface area contributed by atoms with Gasteiger partial charge in [-0.25, -0.2) is 4.39 Å². The molecule has 0 saturated carbocycles. The van der Waals surface area contributed by atoms with Gasteiger partial charge in [0, 0.05) is 10.6 Å². The van der Waals surface area contributed by atoms with Gasteiger partial charge < -0.3 is 5.11 Å². The first-order chi connectivity index (χ1) is 9.86. The largest absolute Gasteiger partial charge is 0.389 e. The van der Waals surface area contributed by atoms with Crippen LogP contribution in [0.3, 0.4) is 0 Å². The van der Waals surface area contributed by atoms with Crippen molar-refractivity contribution in [1.82, 2.24) is 0 Å². The maximum atomic E-state index is 13.7. The van der Waals surface area contributed by atoms with Gasteiger partial charge in [0.15, 0.2) is 0 Å². The van der Waals surface area contributed by atoms with E-state index in [1.807, 2.05) is 6.07 Å². The van der Waals surface area contributed by atoms with E-state index in [1.54, 1.807) is 25.6 Å². The highest BCUT2D eigenvalue weighted by atomic mass is 32.2. The van der Waals surface area contributed by atoms with Crippen molar-refractivity contribution in [2.45, 2.75) is 44.4 Å². The fourth-order valence-electron chi connectivity index (χ4n) is 2.44. The summed E-state index contributed by atoms with van der Waals surface area (Å²) in [6, 6.07) is 9.75. The summed E-state index contributed by atoms with van der Waals surface area (Å²) in [5.74, 6) is 0.550. The molecule has 0 fully saturated rings. The summed E-state index contributed by atoms with van der Waals surface area (Å²) in [7, 11) is 0. The highest BCUT2D eigenvalue weighted by molar-refractivity contribution is 7.98. The van der Waals surface area contributed by atoms with E-state index in [0.29, 0.717) is 11.1 Å². The quantitative estimate of drug-likeness (QED) is 0.793. The molecule has 2 aromatic carbocycles. The summed E-state index contributed by atoms with van der Waals surface area (Å²) < 4.78 is 13.7. The molecule has 2 rings (SSSR count). The lowest BCUT2D eigenvalue weighted by Crippen LogP contribution is -1.98. The van der Waals surface area contributed by atoms with Crippen molar-refractivity contribution in [2.75, 3.05) is 0 Å². The normalized spacial score (nSPS) is 12.5. The molecule has 1 N–H and O–H groups in total. The molecule has 0 amide bonds. The van der Waals surface area contributed by atoms with Crippen LogP contribution in [-0.4, -0.2) is 5.11 Å². The number of aliphatic hydroxyl groups is 1. The number of hydrogen-bond donors (Lipinski definition) is 1. The van der Waals surface area contributed by atoms with E-state index in [9.17, 15) is 9.50 Å². The molecule has 2 aromatic rings. The van der Waals surface area contributed by atoms with Gasteiger partial charge in [0.1, 0.15) is 5.82 Å². The zero-order valence-electron chi connectivity index (χ0n) is 12.9. The van der Waals surface area contributed by atoms with Crippen molar-refractivity contribution in [1.29, 1.82) is 0 Å². The zero-order chi connectivity index (χ0) is 15.6. The SMILES string of the molecule is Cc1cc(C)cc(CSc2cc(C)c(F)cc2[C@H](C)O)c1. The third-order valence-corrected chi connectivity index (χ3v) is 4.56. The average Bonchev–Trinajstić information content (AvgIpc) is 2.38. The van der Waals surface area contributed by atoms with Gasteiger partial charge in [-0.2, -0.15) is 0 Å². The first-order valence-electron chi connectivity index (χ1n) is 7.05. The Bertz CT molecular complexity index is 630. The molecule has 0 saturated heterocycles. The molecule has 112 valence electrons. The van der Waals surface area contributed by atoms with Crippen molar-refractivity contribution in [3.8, 4) is 0 Å². The number of aliphatic hydroxyl groups excluding tert-OH is 1. The topological polar surface area (TPSA) is 20.2 Å². The highest BCUT2D eigenvalue weighted by Gasteiger charge is 2.12. The van der Waals surface area contributed by atoms with E-state index < -0.39 is 6.10 Å². The van der Waals surface area contributed by atoms with Crippen molar-refractivity contribution < 1.29 is 9.50 Å². The lowest BCUT2D eigenvalue weighted by atomic mass is 10.1. The van der Waals surface area contributed by atoms with E-state index in [1.165, 1.54) is 22.8 Å². The minimum atomic E-state index is -0.665. The Morgan fingerprint density at radius 2 is 1.67 bits per heavy atom. The van der Waals surface area contributed by atoms with Crippen molar-refractivity contribution in [3.05, 3.63) is 64.0 Å². The Hall–Kier alpha value is -1.32. The fraction of sp³-hybridized carbons (Fsp3) is 0.333. The second-order valence-electron chi connectivity index (χ2n) is 5.60. The number of thioether (sulfide) groups is 1. The van der Waals surface area contributed by atoms with Gasteiger partial charge in [0.05, 0.1) is 6.10 Å². The van der Waals surface area contributed by atoms with Crippen LogP contribution in [0.25, 0.3) is 0 Å². The molecular weight excluding hydrogens is 283 g/mol. The molecule has 0 aliphatic rings. The highest BCUT2D eigenvalue weighted by Crippen LogP contribution is 2.32. The molecule has 0 bridgehead atoms. The zero-order valence-corrected chi connectivity index (χ0v) is 13.7. The van der Waals surface area contributed by atoms with Crippen LogP contribution in [0.5, 0.6) is 0 Å². The minimum absolute atomic E-state index is 0.262. The van der Waals surface area contributed by atoms with Crippen LogP contribution in [0.2, 0.25) is 0 Å². The van der Waals surface area contributed by atoms with Gasteiger partial charge in [-0.05, 0) is 56.5 Å². The molecule has 0 unspecified atom stereocenters. The number of hydrogen-bond acceptors (Lipinski definition) is 2. The average molecular weight is 304 g/mol. The number of rotatable bonds is 4. The Labute approximate surface area is 130 Å². The molecule has 3 heteroatoms. The lowest BCUT2D eigenvalue weighted by Gasteiger charge is -2.14. The predicted molar refractivity (Wildman–Crippen MR) is 87.2 cm³/mol. The molecule has 0 aliphatic carbocycles. The van der Waals surface area contributed by atoms with Gasteiger partial charge in [-0.1, -0.05) is 29.3 Å². The van der Waals surface area contributed by atoms with E-state index in [4.69, 9.17) is 0 Å². The molecule has 0 spiro atoms. The maximum absolute atomic E-state index is 13.7. The molecule has 0 radical (unpaired) electrons. The van der Waals surface area contributed by atoms with E-state index in [0.717, 1.165) is 10.6 Å². The first-order valence-corrected chi connectivity index (χ1v) is 8.03. The summed E-state index contributed by atoms with van der Waals surface area (Å²) in [5.41, 5.74) is 5.01. The molecule has 0 heterocycles. The third kappa shape index (κ3) is 4.08. The summed E-state index contributed by atoms with van der Waals surface area (Å²) in [6.07, 6.45) is -0.665. The maximum Gasteiger partial charge on any atom is 0.126 e. The van der Waals surface area contributed by atoms with Gasteiger partial charge in [-0.15, -0.1) is 11.8 Å². The van der Waals surface area contributed by atoms with Crippen molar-refractivity contribution in [2.24, 2.45) is 0 Å². The number of benzene rings is 2. The Morgan fingerprint density at radius 3 is 2.24 bits per heavy atom. The minimum Gasteiger partial charge on any atom is -0.389 e. The second kappa shape index (κ2) is 6.63. The molecule has 21 heavy (non-hydrogen) atoms. The first kappa shape index (κ1) is 16.1. The van der Waals surface area contributed by atoms with E-state index in [-0.39, 0.29) is 5.82 Å². The van der Waals surface area contributed by atoms with Gasteiger partial charge in [-0.3, -0.25) is 0 Å². The van der Waals surface area contributed by atoms with Gasteiger partial charge in [0.25, 0.3) is 0 Å². The molecule has 1 nitrogen and oxygen atoms in total. The van der Waals surface area contributed by atoms with Crippen LogP contribution >= 0.6 is 11.8 Å². The lowest BCUT2D eigenvalue weighted by molar-refractivity contribution is 0.196. The number of halogens is 1. The Morgan fingerprint density at radius 1 is 1.05 bits per heavy atom. The molecule has 0 aliphatic heterocycles. The summed E-state index contributed by atoms with van der Waals surface area (Å²) in [6.45, 7) is 7.60. The van der Waals surface area contributed by atoms with Crippen LogP contribution in [0.1, 0.15) is 40.8 Å². The van der Waals surface area contributed by atoms with Crippen molar-refractivity contribution in [3.63, 3.8) is 0 Å². The molecule has 0 aromatic heterocycles. The van der Waals surface area contributed by atoms with Crippen molar-refractivity contribution >= 4 is 11.8 Å². The summed E-state index contributed by atoms with van der Waals surface area (Å²) >= 11 is 1.64. The standard InChI is InChI=1S/C18H21FOS/c1-11-5-12(2)7-15(6-11)10-21-18-8-13(3)17(19)9-16(18)14(4)20/h5-9,14,20H,10H2,1-4H3/t14-/m0/s1. The third-order valence-electron chi connectivity index (χ3n) is 3.42. The van der Waals surface area contributed by atoms with Crippen LogP contribution in [0, 0.1) is 26.6 Å². The predicted octanol–water partition coefficient (Wildman–Crippen LogP) is 5.10. The Kier molecular flexibility index (Phi) is 5.07. The number of aryl methyl sites for hydroxylation is 3. The van der Waals surface area contributed by atoms with E-state index >= 15 is 0 Å². The molecular formula is C18H21FOS. The smallest absolute Gasteiger partial charge is 0.126 e. The van der Waals surface area contributed by atoms with E-state index in [2.05, 4.69) is 32.0 Å². The van der Waals surface area contributed by atoms with Crippen LogP contribution in [0.4, 0.5) is 4.39 Å². The van der Waals surface area contributed by atoms with Gasteiger partial charge >= 0.3 is 0 Å². The van der Waals surface area contributed by atoms with Crippen LogP contribution in [-0.2, 0) is 5.75 Å². The van der Waals surface area contributed by atoms with Gasteiger partial charge in [0.2, 0.25) is 0 Å². The summed E-state index contributed by atoms with van der Waals surface area (Å²) in [5, 5.41) is 9.83. The molecule has 1 atom stereocenters. The second-order valence-corrected chi connectivity index (χ2v) is 6.62. The summed E-state index contributed by atoms with van der Waals surface area (Å²) in [4.78, 5) is 0.947. The van der Waals surface area contributed by atoms with Crippen LogP contribution < -0.4 is 0 Å².